The lowest BCUT2D eigenvalue weighted by Crippen LogP contribution is -2.08. The summed E-state index contributed by atoms with van der Waals surface area (Å²) in [5.74, 6) is -0.315. The standard InChI is InChI=1S/C7H6FNS/c8-6-3-1-2-5(4-6)7(9)10/h1-4H,(H2,9,10). The van der Waals surface area contributed by atoms with Crippen molar-refractivity contribution >= 4 is 17.2 Å². The predicted octanol–water partition coefficient (Wildman–Crippen LogP) is 1.46. The molecule has 0 aliphatic carbocycles. The van der Waals surface area contributed by atoms with Gasteiger partial charge in [0.2, 0.25) is 0 Å². The molecule has 1 nitrogen and oxygen atoms in total. The summed E-state index contributed by atoms with van der Waals surface area (Å²) in [7, 11) is 0. The first kappa shape index (κ1) is 7.15. The van der Waals surface area contributed by atoms with Crippen molar-refractivity contribution in [3.05, 3.63) is 35.6 Å². The van der Waals surface area contributed by atoms with Crippen LogP contribution in [0.4, 0.5) is 4.39 Å². The van der Waals surface area contributed by atoms with E-state index in [0.29, 0.717) is 5.56 Å². The average Bonchev–Trinajstić information content (AvgIpc) is 1.88. The maximum atomic E-state index is 12.4. The first-order chi connectivity index (χ1) is 4.70. The molecule has 0 saturated carbocycles. The number of rotatable bonds is 1. The van der Waals surface area contributed by atoms with Crippen LogP contribution in [0.25, 0.3) is 0 Å². The van der Waals surface area contributed by atoms with E-state index in [1.165, 1.54) is 12.1 Å². The second kappa shape index (κ2) is 2.75. The second-order valence-corrected chi connectivity index (χ2v) is 2.31. The molecule has 1 rings (SSSR count). The van der Waals surface area contributed by atoms with Crippen molar-refractivity contribution in [2.75, 3.05) is 0 Å². The molecule has 1 aromatic rings. The number of nitrogens with two attached hydrogens (primary N) is 1. The Balaban J connectivity index is 3.07. The van der Waals surface area contributed by atoms with E-state index in [-0.39, 0.29) is 10.8 Å². The molecule has 2 N–H and O–H groups in total. The zero-order valence-corrected chi connectivity index (χ0v) is 5.99. The van der Waals surface area contributed by atoms with Crippen LogP contribution in [0, 0.1) is 5.82 Å². The number of benzene rings is 1. The van der Waals surface area contributed by atoms with Crippen LogP contribution < -0.4 is 5.73 Å². The minimum atomic E-state index is -0.315. The van der Waals surface area contributed by atoms with Gasteiger partial charge in [0.05, 0.1) is 0 Å². The molecule has 0 unspecified atom stereocenters. The zero-order valence-electron chi connectivity index (χ0n) is 5.17. The molecule has 0 fully saturated rings. The molecule has 0 bridgehead atoms. The third-order valence-electron chi connectivity index (χ3n) is 1.11. The Morgan fingerprint density at radius 1 is 1.50 bits per heavy atom. The first-order valence-electron chi connectivity index (χ1n) is 2.75. The summed E-state index contributed by atoms with van der Waals surface area (Å²) in [6.07, 6.45) is 0. The molecule has 0 aliphatic rings. The van der Waals surface area contributed by atoms with Crippen molar-refractivity contribution < 1.29 is 4.39 Å². The van der Waals surface area contributed by atoms with E-state index in [4.69, 9.17) is 5.73 Å². The Morgan fingerprint density at radius 2 is 2.20 bits per heavy atom. The smallest absolute Gasteiger partial charge is 0.123 e. The van der Waals surface area contributed by atoms with Gasteiger partial charge in [0.1, 0.15) is 10.8 Å². The highest BCUT2D eigenvalue weighted by molar-refractivity contribution is 7.80. The summed E-state index contributed by atoms with van der Waals surface area (Å²) in [4.78, 5) is 0.222. The number of halogens is 1. The molecule has 0 amide bonds. The van der Waals surface area contributed by atoms with Gasteiger partial charge >= 0.3 is 0 Å². The Kier molecular flexibility index (Phi) is 1.97. The van der Waals surface area contributed by atoms with Gasteiger partial charge in [-0.2, -0.15) is 0 Å². The molecule has 52 valence electrons. The van der Waals surface area contributed by atoms with Gasteiger partial charge in [-0.25, -0.2) is 4.39 Å². The van der Waals surface area contributed by atoms with E-state index in [9.17, 15) is 4.39 Å². The van der Waals surface area contributed by atoms with Crippen molar-refractivity contribution in [2.45, 2.75) is 0 Å². The molecule has 3 heteroatoms. The topological polar surface area (TPSA) is 26.0 Å². The van der Waals surface area contributed by atoms with Crippen molar-refractivity contribution in [1.82, 2.24) is 0 Å². The lowest BCUT2D eigenvalue weighted by molar-refractivity contribution is 0.627. The summed E-state index contributed by atoms with van der Waals surface area (Å²) in [6.45, 7) is 0. The fraction of sp³-hybridized carbons (Fsp3) is 0. The normalized spacial score (nSPS) is 9.30. The van der Waals surface area contributed by atoms with Crippen LogP contribution in [0.5, 0.6) is 0 Å². The van der Waals surface area contributed by atoms with Crippen molar-refractivity contribution in [3.8, 4) is 0 Å². The third-order valence-corrected chi connectivity index (χ3v) is 1.34. The summed E-state index contributed by atoms with van der Waals surface area (Å²) in [5, 5.41) is 0. The average molecular weight is 155 g/mol. The zero-order chi connectivity index (χ0) is 7.56. The first-order valence-corrected chi connectivity index (χ1v) is 3.16. The van der Waals surface area contributed by atoms with Gasteiger partial charge in [0.15, 0.2) is 0 Å². The second-order valence-electron chi connectivity index (χ2n) is 1.87. The summed E-state index contributed by atoms with van der Waals surface area (Å²) in [5.41, 5.74) is 5.81. The van der Waals surface area contributed by atoms with E-state index in [1.54, 1.807) is 12.1 Å². The van der Waals surface area contributed by atoms with Crippen LogP contribution in [0.1, 0.15) is 5.56 Å². The highest BCUT2D eigenvalue weighted by atomic mass is 32.1. The van der Waals surface area contributed by atoms with Crippen LogP contribution in [0.2, 0.25) is 0 Å². The van der Waals surface area contributed by atoms with Crippen molar-refractivity contribution in [3.63, 3.8) is 0 Å². The molecule has 0 atom stereocenters. The molecule has 0 aliphatic heterocycles. The van der Waals surface area contributed by atoms with Gasteiger partial charge in [-0.05, 0) is 12.1 Å². The molecule has 0 radical (unpaired) electrons. The van der Waals surface area contributed by atoms with E-state index in [1.807, 2.05) is 0 Å². The molecular formula is C7H6FNS. The molecule has 0 heterocycles. The monoisotopic (exact) mass is 155 g/mol. The summed E-state index contributed by atoms with van der Waals surface area (Å²) in [6, 6.07) is 5.90. The molecule has 1 aromatic carbocycles. The summed E-state index contributed by atoms with van der Waals surface area (Å²) < 4.78 is 12.4. The molecular weight excluding hydrogens is 149 g/mol. The molecule has 0 spiro atoms. The number of hydrogen-bond acceptors (Lipinski definition) is 1. The minimum absolute atomic E-state index is 0.222. The largest absolute Gasteiger partial charge is 0.389 e. The Labute approximate surface area is 63.7 Å². The minimum Gasteiger partial charge on any atom is -0.389 e. The molecule has 0 aromatic heterocycles. The van der Waals surface area contributed by atoms with Gasteiger partial charge < -0.3 is 5.73 Å². The van der Waals surface area contributed by atoms with Gasteiger partial charge in [0.25, 0.3) is 0 Å². The lowest BCUT2D eigenvalue weighted by atomic mass is 10.2. The van der Waals surface area contributed by atoms with Crippen LogP contribution in [0.3, 0.4) is 0 Å². The van der Waals surface area contributed by atoms with Crippen LogP contribution in [-0.4, -0.2) is 4.99 Å². The molecule has 10 heavy (non-hydrogen) atoms. The highest BCUT2D eigenvalue weighted by Crippen LogP contribution is 2.02. The number of hydrogen-bond donors (Lipinski definition) is 1. The SMILES string of the molecule is NC(=S)c1cccc(F)c1. The van der Waals surface area contributed by atoms with Gasteiger partial charge in [0, 0.05) is 5.56 Å². The van der Waals surface area contributed by atoms with Gasteiger partial charge in [-0.3, -0.25) is 0 Å². The molecule has 0 saturated heterocycles. The van der Waals surface area contributed by atoms with Crippen molar-refractivity contribution in [1.29, 1.82) is 0 Å². The Hall–Kier alpha value is -0.960. The predicted molar refractivity (Wildman–Crippen MR) is 42.3 cm³/mol. The lowest BCUT2D eigenvalue weighted by Gasteiger charge is -1.95. The van der Waals surface area contributed by atoms with Gasteiger partial charge in [-0.1, -0.05) is 24.4 Å². The quantitative estimate of drug-likeness (QED) is 0.621. The Bertz CT molecular complexity index is 260. The third kappa shape index (κ3) is 1.51. The van der Waals surface area contributed by atoms with Crippen molar-refractivity contribution in [2.24, 2.45) is 5.73 Å². The Morgan fingerprint density at radius 3 is 2.60 bits per heavy atom. The van der Waals surface area contributed by atoms with Crippen LogP contribution in [-0.2, 0) is 0 Å². The van der Waals surface area contributed by atoms with E-state index in [0.717, 1.165) is 0 Å². The maximum absolute atomic E-state index is 12.4. The fourth-order valence-corrected chi connectivity index (χ4v) is 0.769. The van der Waals surface area contributed by atoms with Crippen LogP contribution in [0.15, 0.2) is 24.3 Å². The number of thiocarbonyl (C=S) groups is 1. The van der Waals surface area contributed by atoms with E-state index < -0.39 is 0 Å². The maximum Gasteiger partial charge on any atom is 0.123 e. The van der Waals surface area contributed by atoms with E-state index in [2.05, 4.69) is 12.2 Å². The van der Waals surface area contributed by atoms with Gasteiger partial charge in [-0.15, -0.1) is 0 Å². The summed E-state index contributed by atoms with van der Waals surface area (Å²) >= 11 is 4.63. The highest BCUT2D eigenvalue weighted by Gasteiger charge is 1.95. The van der Waals surface area contributed by atoms with Crippen LogP contribution >= 0.6 is 12.2 Å². The fourth-order valence-electron chi connectivity index (χ4n) is 0.642. The van der Waals surface area contributed by atoms with E-state index >= 15 is 0 Å².